The van der Waals surface area contributed by atoms with E-state index in [4.69, 9.17) is 4.74 Å². The van der Waals surface area contributed by atoms with Crippen LogP contribution in [-0.4, -0.2) is 32.6 Å². The SMILES string of the molecule is Cc1nc(COC[C@@H]2CN(Cc3sccc3C)Cc3cncn32)cs1. The summed E-state index contributed by atoms with van der Waals surface area (Å²) >= 11 is 3.51. The predicted molar refractivity (Wildman–Crippen MR) is 101 cm³/mol. The second kappa shape index (κ2) is 7.37. The molecule has 0 amide bonds. The third-order valence-electron chi connectivity index (χ3n) is 4.56. The van der Waals surface area contributed by atoms with Crippen LogP contribution >= 0.6 is 22.7 Å². The largest absolute Gasteiger partial charge is 0.373 e. The monoisotopic (exact) mass is 374 g/mol. The fraction of sp³-hybridized carbons (Fsp3) is 0.444. The zero-order chi connectivity index (χ0) is 17.2. The van der Waals surface area contributed by atoms with Crippen LogP contribution in [-0.2, 0) is 24.4 Å². The lowest BCUT2D eigenvalue weighted by Crippen LogP contribution is -2.38. The van der Waals surface area contributed by atoms with Crippen LogP contribution in [0.2, 0.25) is 0 Å². The summed E-state index contributed by atoms with van der Waals surface area (Å²) in [4.78, 5) is 12.8. The molecule has 4 rings (SSSR count). The Morgan fingerprint density at radius 1 is 1.32 bits per heavy atom. The first kappa shape index (κ1) is 16.9. The van der Waals surface area contributed by atoms with Crippen molar-refractivity contribution in [3.05, 3.63) is 56.2 Å². The van der Waals surface area contributed by atoms with E-state index in [-0.39, 0.29) is 0 Å². The van der Waals surface area contributed by atoms with E-state index in [1.807, 2.05) is 30.8 Å². The van der Waals surface area contributed by atoms with Gasteiger partial charge < -0.3 is 9.30 Å². The van der Waals surface area contributed by atoms with Crippen LogP contribution in [0.15, 0.2) is 29.4 Å². The van der Waals surface area contributed by atoms with Gasteiger partial charge in [0, 0.05) is 36.1 Å². The molecule has 0 aromatic carbocycles. The van der Waals surface area contributed by atoms with Gasteiger partial charge in [0.25, 0.3) is 0 Å². The van der Waals surface area contributed by atoms with E-state index in [1.165, 1.54) is 16.1 Å². The molecular formula is C18H22N4OS2. The predicted octanol–water partition coefficient (Wildman–Crippen LogP) is 3.79. The van der Waals surface area contributed by atoms with E-state index in [2.05, 4.69) is 43.2 Å². The van der Waals surface area contributed by atoms with Crippen molar-refractivity contribution in [1.82, 2.24) is 19.4 Å². The van der Waals surface area contributed by atoms with Crippen LogP contribution in [0.3, 0.4) is 0 Å². The van der Waals surface area contributed by atoms with Crippen molar-refractivity contribution in [3.8, 4) is 0 Å². The first-order valence-corrected chi connectivity index (χ1v) is 10.2. The van der Waals surface area contributed by atoms with Crippen LogP contribution in [0.25, 0.3) is 0 Å². The summed E-state index contributed by atoms with van der Waals surface area (Å²) in [6.45, 7) is 8.40. The highest BCUT2D eigenvalue weighted by Crippen LogP contribution is 2.25. The molecule has 1 aliphatic heterocycles. The van der Waals surface area contributed by atoms with Gasteiger partial charge in [0.2, 0.25) is 0 Å². The van der Waals surface area contributed by atoms with Crippen molar-refractivity contribution < 1.29 is 4.74 Å². The van der Waals surface area contributed by atoms with Crippen molar-refractivity contribution in [1.29, 1.82) is 0 Å². The first-order chi connectivity index (χ1) is 12.2. The molecule has 0 unspecified atom stereocenters. The highest BCUT2D eigenvalue weighted by atomic mass is 32.1. The number of hydrogen-bond acceptors (Lipinski definition) is 6. The van der Waals surface area contributed by atoms with Gasteiger partial charge in [0.05, 0.1) is 42.0 Å². The second-order valence-corrected chi connectivity index (χ2v) is 8.58. The molecule has 0 radical (unpaired) electrons. The topological polar surface area (TPSA) is 43.2 Å². The fourth-order valence-electron chi connectivity index (χ4n) is 3.26. The number of ether oxygens (including phenoxy) is 1. The summed E-state index contributed by atoms with van der Waals surface area (Å²) < 4.78 is 8.25. The van der Waals surface area contributed by atoms with Gasteiger partial charge in [-0.2, -0.15) is 0 Å². The van der Waals surface area contributed by atoms with E-state index in [0.717, 1.165) is 30.3 Å². The maximum atomic E-state index is 5.98. The van der Waals surface area contributed by atoms with Crippen LogP contribution in [0.1, 0.15) is 32.9 Å². The number of aromatic nitrogens is 3. The minimum atomic E-state index is 0.297. The van der Waals surface area contributed by atoms with Gasteiger partial charge in [-0.25, -0.2) is 9.97 Å². The molecule has 0 aliphatic carbocycles. The van der Waals surface area contributed by atoms with E-state index in [9.17, 15) is 0 Å². The molecule has 1 atom stereocenters. The maximum Gasteiger partial charge on any atom is 0.0952 e. The summed E-state index contributed by atoms with van der Waals surface area (Å²) in [5, 5.41) is 5.34. The van der Waals surface area contributed by atoms with Gasteiger partial charge >= 0.3 is 0 Å². The number of hydrogen-bond donors (Lipinski definition) is 0. The van der Waals surface area contributed by atoms with Crippen LogP contribution in [0, 0.1) is 13.8 Å². The van der Waals surface area contributed by atoms with Gasteiger partial charge in [0.1, 0.15) is 0 Å². The van der Waals surface area contributed by atoms with E-state index >= 15 is 0 Å². The van der Waals surface area contributed by atoms with Crippen molar-refractivity contribution in [2.45, 2.75) is 39.6 Å². The zero-order valence-corrected chi connectivity index (χ0v) is 16.1. The normalized spacial score (nSPS) is 17.8. The highest BCUT2D eigenvalue weighted by molar-refractivity contribution is 7.10. The quantitative estimate of drug-likeness (QED) is 0.658. The van der Waals surface area contributed by atoms with Gasteiger partial charge in [-0.15, -0.1) is 22.7 Å². The smallest absolute Gasteiger partial charge is 0.0952 e. The lowest BCUT2D eigenvalue weighted by atomic mass is 10.2. The summed E-state index contributed by atoms with van der Waals surface area (Å²) in [5.74, 6) is 0. The summed E-state index contributed by atoms with van der Waals surface area (Å²) in [6.07, 6.45) is 3.91. The molecule has 132 valence electrons. The van der Waals surface area contributed by atoms with E-state index < -0.39 is 0 Å². The highest BCUT2D eigenvalue weighted by Gasteiger charge is 2.25. The molecule has 0 saturated carbocycles. The third-order valence-corrected chi connectivity index (χ3v) is 6.39. The minimum Gasteiger partial charge on any atom is -0.373 e. The van der Waals surface area contributed by atoms with Crippen LogP contribution < -0.4 is 0 Å². The van der Waals surface area contributed by atoms with Crippen LogP contribution in [0.4, 0.5) is 0 Å². The van der Waals surface area contributed by atoms with Gasteiger partial charge in [0.15, 0.2) is 0 Å². The van der Waals surface area contributed by atoms with Crippen molar-refractivity contribution in [2.75, 3.05) is 13.2 Å². The Hall–Kier alpha value is -1.54. The molecule has 5 nitrogen and oxygen atoms in total. The molecule has 0 bridgehead atoms. The Labute approximate surface area is 155 Å². The van der Waals surface area contributed by atoms with Crippen molar-refractivity contribution in [2.24, 2.45) is 0 Å². The molecule has 0 spiro atoms. The molecule has 0 fully saturated rings. The molecule has 25 heavy (non-hydrogen) atoms. The Balaban J connectivity index is 1.41. The summed E-state index contributed by atoms with van der Waals surface area (Å²) in [6, 6.07) is 2.50. The number of aryl methyl sites for hydroxylation is 2. The first-order valence-electron chi connectivity index (χ1n) is 8.44. The number of fused-ring (bicyclic) bond motifs is 1. The van der Waals surface area contributed by atoms with E-state index in [1.54, 1.807) is 11.3 Å². The van der Waals surface area contributed by atoms with Gasteiger partial charge in [-0.1, -0.05) is 0 Å². The molecule has 1 aliphatic rings. The Kier molecular flexibility index (Phi) is 4.98. The maximum absolute atomic E-state index is 5.98. The van der Waals surface area contributed by atoms with Gasteiger partial charge in [-0.05, 0) is 30.9 Å². The number of imidazole rings is 1. The van der Waals surface area contributed by atoms with Gasteiger partial charge in [-0.3, -0.25) is 4.90 Å². The number of rotatable bonds is 6. The number of thiazole rings is 1. The minimum absolute atomic E-state index is 0.297. The second-order valence-electron chi connectivity index (χ2n) is 6.52. The van der Waals surface area contributed by atoms with Crippen LogP contribution in [0.5, 0.6) is 0 Å². The lowest BCUT2D eigenvalue weighted by molar-refractivity contribution is 0.0577. The third kappa shape index (κ3) is 3.84. The molecule has 7 heteroatoms. The number of nitrogens with zero attached hydrogens (tertiary/aromatic N) is 4. The standard InChI is InChI=1S/C18H22N4OS2/c1-13-3-4-24-18(13)8-21-6-16-5-19-12-22(16)17(7-21)10-23-9-15-11-25-14(2)20-15/h3-5,11-12,17H,6-10H2,1-2H3/t17-/m0/s1. The molecule has 0 N–H and O–H groups in total. The Morgan fingerprint density at radius 3 is 3.00 bits per heavy atom. The van der Waals surface area contributed by atoms with Crippen molar-refractivity contribution in [3.63, 3.8) is 0 Å². The molecule has 3 aromatic rings. The Morgan fingerprint density at radius 2 is 2.24 bits per heavy atom. The summed E-state index contributed by atoms with van der Waals surface area (Å²) in [5.41, 5.74) is 3.67. The molecule has 3 aromatic heterocycles. The van der Waals surface area contributed by atoms with Crippen molar-refractivity contribution >= 4 is 22.7 Å². The fourth-order valence-corrected chi connectivity index (χ4v) is 4.80. The molecule has 0 saturated heterocycles. The van der Waals surface area contributed by atoms with E-state index in [0.29, 0.717) is 19.3 Å². The average Bonchev–Trinajstić information content (AvgIpc) is 3.30. The Bertz CT molecular complexity index is 838. The lowest BCUT2D eigenvalue weighted by Gasteiger charge is -2.34. The molecular weight excluding hydrogens is 352 g/mol. The number of thiophene rings is 1. The summed E-state index contributed by atoms with van der Waals surface area (Å²) in [7, 11) is 0. The molecule has 4 heterocycles. The average molecular weight is 375 g/mol. The zero-order valence-electron chi connectivity index (χ0n) is 14.5.